The summed E-state index contributed by atoms with van der Waals surface area (Å²) in [5, 5.41) is 1.13. The maximum atomic E-state index is 6.34. The van der Waals surface area contributed by atoms with Crippen LogP contribution < -0.4 is 5.73 Å². The molecular weight excluding hydrogens is 236 g/mol. The summed E-state index contributed by atoms with van der Waals surface area (Å²) in [5.74, 6) is 0. The van der Waals surface area contributed by atoms with E-state index in [1.165, 1.54) is 0 Å². The average Bonchev–Trinajstić information content (AvgIpc) is 2.46. The summed E-state index contributed by atoms with van der Waals surface area (Å²) >= 11 is 0. The number of fused-ring (bicyclic) bond motifs is 1. The molecule has 0 aliphatic heterocycles. The van der Waals surface area contributed by atoms with E-state index in [1.54, 1.807) is 0 Å². The maximum Gasteiger partial charge on any atom is 0.0767 e. The molecule has 1 heterocycles. The number of nitrogens with zero attached hydrogens (tertiary/aromatic N) is 1. The van der Waals surface area contributed by atoms with Crippen molar-refractivity contribution in [1.29, 1.82) is 0 Å². The van der Waals surface area contributed by atoms with Gasteiger partial charge in [-0.05, 0) is 31.0 Å². The first-order chi connectivity index (χ1) is 9.26. The first-order valence-corrected chi connectivity index (χ1v) is 6.98. The van der Waals surface area contributed by atoms with Crippen LogP contribution in [0.1, 0.15) is 38.3 Å². The zero-order valence-corrected chi connectivity index (χ0v) is 11.7. The van der Waals surface area contributed by atoms with E-state index in [0.717, 1.165) is 29.3 Å². The molecule has 3 heteroatoms. The molecule has 0 saturated carbocycles. The van der Waals surface area contributed by atoms with Crippen LogP contribution in [0.25, 0.3) is 10.9 Å². The number of nitrogens with two attached hydrogens (primary N) is 1. The first-order valence-electron chi connectivity index (χ1n) is 6.98. The van der Waals surface area contributed by atoms with Crippen LogP contribution in [0.2, 0.25) is 0 Å². The van der Waals surface area contributed by atoms with Crippen LogP contribution >= 0.6 is 0 Å². The molecule has 1 aromatic heterocycles. The fraction of sp³-hybridized carbons (Fsp3) is 0.438. The van der Waals surface area contributed by atoms with Gasteiger partial charge in [0.2, 0.25) is 0 Å². The average molecular weight is 258 g/mol. The summed E-state index contributed by atoms with van der Waals surface area (Å²) in [6, 6.07) is 10.1. The molecule has 0 amide bonds. The van der Waals surface area contributed by atoms with Gasteiger partial charge in [-0.15, -0.1) is 0 Å². The standard InChI is InChI=1S/C16H22N2O/c1-3-7-15(19-4-2)16(17)13-10-12-8-5-6-9-14(12)18-11-13/h5-6,8-11,15-16H,3-4,7,17H2,1-2H3. The molecule has 2 N–H and O–H groups in total. The molecule has 0 aliphatic carbocycles. The second-order valence-corrected chi connectivity index (χ2v) is 4.77. The monoisotopic (exact) mass is 258 g/mol. The Morgan fingerprint density at radius 3 is 2.79 bits per heavy atom. The molecule has 19 heavy (non-hydrogen) atoms. The van der Waals surface area contributed by atoms with Crippen molar-refractivity contribution in [3.05, 3.63) is 42.1 Å². The number of benzene rings is 1. The number of hydrogen-bond acceptors (Lipinski definition) is 3. The van der Waals surface area contributed by atoms with Gasteiger partial charge in [0.25, 0.3) is 0 Å². The van der Waals surface area contributed by atoms with Crippen LogP contribution in [-0.2, 0) is 4.74 Å². The third kappa shape index (κ3) is 3.31. The van der Waals surface area contributed by atoms with Crippen molar-refractivity contribution in [3.63, 3.8) is 0 Å². The highest BCUT2D eigenvalue weighted by atomic mass is 16.5. The lowest BCUT2D eigenvalue weighted by atomic mass is 9.99. The highest BCUT2D eigenvalue weighted by Crippen LogP contribution is 2.22. The minimum absolute atomic E-state index is 0.0676. The highest BCUT2D eigenvalue weighted by Gasteiger charge is 2.19. The van der Waals surface area contributed by atoms with Crippen LogP contribution in [0.15, 0.2) is 36.5 Å². The third-order valence-corrected chi connectivity index (χ3v) is 3.35. The van der Waals surface area contributed by atoms with E-state index >= 15 is 0 Å². The van der Waals surface area contributed by atoms with Crippen LogP contribution in [0.5, 0.6) is 0 Å². The molecule has 0 fully saturated rings. The Morgan fingerprint density at radius 2 is 2.05 bits per heavy atom. The van der Waals surface area contributed by atoms with E-state index in [9.17, 15) is 0 Å². The van der Waals surface area contributed by atoms with Gasteiger partial charge in [-0.2, -0.15) is 0 Å². The molecule has 0 bridgehead atoms. The molecule has 102 valence electrons. The molecule has 1 aromatic carbocycles. The van der Waals surface area contributed by atoms with E-state index < -0.39 is 0 Å². The Balaban J connectivity index is 2.26. The van der Waals surface area contributed by atoms with Gasteiger partial charge in [-0.25, -0.2) is 0 Å². The molecule has 3 nitrogen and oxygen atoms in total. The smallest absolute Gasteiger partial charge is 0.0767 e. The summed E-state index contributed by atoms with van der Waals surface area (Å²) in [4.78, 5) is 4.47. The number of aromatic nitrogens is 1. The molecule has 2 rings (SSSR count). The van der Waals surface area contributed by atoms with Crippen molar-refractivity contribution in [2.75, 3.05) is 6.61 Å². The lowest BCUT2D eigenvalue weighted by molar-refractivity contribution is 0.0374. The summed E-state index contributed by atoms with van der Waals surface area (Å²) in [7, 11) is 0. The summed E-state index contributed by atoms with van der Waals surface area (Å²) in [6.45, 7) is 4.85. The summed E-state index contributed by atoms with van der Waals surface area (Å²) < 4.78 is 5.76. The van der Waals surface area contributed by atoms with Gasteiger partial charge in [-0.1, -0.05) is 31.5 Å². The largest absolute Gasteiger partial charge is 0.377 e. The van der Waals surface area contributed by atoms with Gasteiger partial charge >= 0.3 is 0 Å². The number of rotatable bonds is 6. The topological polar surface area (TPSA) is 48.1 Å². The number of hydrogen-bond donors (Lipinski definition) is 1. The number of pyridine rings is 1. The fourth-order valence-electron chi connectivity index (χ4n) is 2.35. The lowest BCUT2D eigenvalue weighted by Gasteiger charge is -2.23. The van der Waals surface area contributed by atoms with Crippen molar-refractivity contribution >= 4 is 10.9 Å². The Bertz CT molecular complexity index is 521. The highest BCUT2D eigenvalue weighted by molar-refractivity contribution is 5.78. The van der Waals surface area contributed by atoms with Crippen molar-refractivity contribution in [2.45, 2.75) is 38.8 Å². The summed E-state index contributed by atoms with van der Waals surface area (Å²) in [6.07, 6.45) is 3.98. The van der Waals surface area contributed by atoms with Crippen LogP contribution in [0, 0.1) is 0 Å². The Hall–Kier alpha value is -1.45. The first kappa shape index (κ1) is 14.0. The zero-order chi connectivity index (χ0) is 13.7. The Morgan fingerprint density at radius 1 is 1.26 bits per heavy atom. The third-order valence-electron chi connectivity index (χ3n) is 3.35. The molecule has 2 atom stereocenters. The minimum Gasteiger partial charge on any atom is -0.377 e. The summed E-state index contributed by atoms with van der Waals surface area (Å²) in [5.41, 5.74) is 8.39. The maximum absolute atomic E-state index is 6.34. The van der Waals surface area contributed by atoms with Gasteiger partial charge in [0, 0.05) is 18.2 Å². The van der Waals surface area contributed by atoms with Gasteiger partial charge in [0.05, 0.1) is 17.7 Å². The van der Waals surface area contributed by atoms with Crippen molar-refractivity contribution < 1.29 is 4.74 Å². The van der Waals surface area contributed by atoms with Gasteiger partial charge in [0.15, 0.2) is 0 Å². The van der Waals surface area contributed by atoms with E-state index in [-0.39, 0.29) is 12.1 Å². The molecule has 0 saturated heterocycles. The number of para-hydroxylation sites is 1. The minimum atomic E-state index is -0.114. The second kappa shape index (κ2) is 6.64. The normalized spacial score (nSPS) is 14.5. The second-order valence-electron chi connectivity index (χ2n) is 4.77. The quantitative estimate of drug-likeness (QED) is 0.863. The van der Waals surface area contributed by atoms with Gasteiger partial charge in [0.1, 0.15) is 0 Å². The van der Waals surface area contributed by atoms with Gasteiger partial charge < -0.3 is 10.5 Å². The van der Waals surface area contributed by atoms with E-state index in [2.05, 4.69) is 24.0 Å². The Labute approximate surface area is 114 Å². The van der Waals surface area contributed by atoms with Crippen molar-refractivity contribution in [3.8, 4) is 0 Å². The van der Waals surface area contributed by atoms with Crippen LogP contribution in [-0.4, -0.2) is 17.7 Å². The molecule has 2 unspecified atom stereocenters. The number of ether oxygens (including phenoxy) is 1. The van der Waals surface area contributed by atoms with E-state index in [1.807, 2.05) is 31.3 Å². The molecule has 0 radical (unpaired) electrons. The predicted octanol–water partition coefficient (Wildman–Crippen LogP) is 3.44. The molecular formula is C16H22N2O. The molecule has 0 aliphatic rings. The zero-order valence-electron chi connectivity index (χ0n) is 11.7. The Kier molecular flexibility index (Phi) is 4.88. The lowest BCUT2D eigenvalue weighted by Crippen LogP contribution is -2.29. The van der Waals surface area contributed by atoms with Crippen LogP contribution in [0.4, 0.5) is 0 Å². The van der Waals surface area contributed by atoms with E-state index in [4.69, 9.17) is 10.5 Å². The van der Waals surface area contributed by atoms with Crippen molar-refractivity contribution in [2.24, 2.45) is 5.73 Å². The van der Waals surface area contributed by atoms with Crippen LogP contribution in [0.3, 0.4) is 0 Å². The predicted molar refractivity (Wildman–Crippen MR) is 79.0 cm³/mol. The molecule has 0 spiro atoms. The molecule has 2 aromatic rings. The van der Waals surface area contributed by atoms with E-state index in [0.29, 0.717) is 6.61 Å². The van der Waals surface area contributed by atoms with Gasteiger partial charge in [-0.3, -0.25) is 4.98 Å². The van der Waals surface area contributed by atoms with Crippen molar-refractivity contribution in [1.82, 2.24) is 4.98 Å². The SMILES string of the molecule is CCCC(OCC)C(N)c1cnc2ccccc2c1. The fourth-order valence-corrected chi connectivity index (χ4v) is 2.35.